The number of hydrogen-bond donors (Lipinski definition) is 3. The summed E-state index contributed by atoms with van der Waals surface area (Å²) in [5.41, 5.74) is 1.10. The van der Waals surface area contributed by atoms with Crippen LogP contribution in [0.5, 0.6) is 11.5 Å². The third-order valence-electron chi connectivity index (χ3n) is 7.25. The molecule has 1 aliphatic carbocycles. The molecule has 6 nitrogen and oxygen atoms in total. The zero-order valence-corrected chi connectivity index (χ0v) is 23.1. The minimum atomic E-state index is -0.214. The van der Waals surface area contributed by atoms with E-state index < -0.39 is 0 Å². The second kappa shape index (κ2) is 14.7. The molecule has 4 rings (SSSR count). The van der Waals surface area contributed by atoms with E-state index in [1.165, 1.54) is 32.1 Å². The van der Waals surface area contributed by atoms with E-state index in [2.05, 4.69) is 10.6 Å². The van der Waals surface area contributed by atoms with Gasteiger partial charge in [-0.25, -0.2) is 0 Å². The van der Waals surface area contributed by atoms with Crippen LogP contribution in [0.3, 0.4) is 0 Å². The van der Waals surface area contributed by atoms with Crippen molar-refractivity contribution in [1.82, 2.24) is 15.5 Å². The molecule has 8 heteroatoms. The molecule has 0 unspecified atom stereocenters. The van der Waals surface area contributed by atoms with Crippen molar-refractivity contribution in [3.05, 3.63) is 60.2 Å². The molecule has 2 atom stereocenters. The molecule has 0 radical (unpaired) electrons. The molecular formula is C29H39N3O3S2. The molecule has 3 N–H and O–H groups in total. The first-order valence-corrected chi connectivity index (χ1v) is 15.0. The summed E-state index contributed by atoms with van der Waals surface area (Å²) in [6.45, 7) is 1.17. The van der Waals surface area contributed by atoms with E-state index >= 15 is 0 Å². The van der Waals surface area contributed by atoms with Crippen LogP contribution < -0.4 is 15.4 Å². The largest absolute Gasteiger partial charge is 0.457 e. The number of benzene rings is 2. The lowest BCUT2D eigenvalue weighted by molar-refractivity contribution is -0.125. The molecule has 2 aromatic carbocycles. The van der Waals surface area contributed by atoms with Gasteiger partial charge in [-0.2, -0.15) is 0 Å². The highest BCUT2D eigenvalue weighted by Gasteiger charge is 2.32. The van der Waals surface area contributed by atoms with Gasteiger partial charge in [0.1, 0.15) is 11.5 Å². The van der Waals surface area contributed by atoms with E-state index in [9.17, 15) is 9.90 Å². The highest BCUT2D eigenvalue weighted by atomic mass is 32.2. The number of amides is 1. The lowest BCUT2D eigenvalue weighted by atomic mass is 9.85. The van der Waals surface area contributed by atoms with Crippen LogP contribution in [-0.4, -0.2) is 57.8 Å². The molecule has 2 aliphatic rings. The van der Waals surface area contributed by atoms with E-state index in [-0.39, 0.29) is 24.6 Å². The van der Waals surface area contributed by atoms with Crippen LogP contribution >= 0.6 is 24.0 Å². The average molecular weight is 542 g/mol. The lowest BCUT2D eigenvalue weighted by Gasteiger charge is -2.28. The van der Waals surface area contributed by atoms with E-state index in [1.807, 2.05) is 59.5 Å². The first-order chi connectivity index (χ1) is 18.1. The van der Waals surface area contributed by atoms with Crippen LogP contribution in [0, 0.1) is 5.92 Å². The molecule has 2 fully saturated rings. The number of aliphatic hydroxyl groups is 1. The molecule has 200 valence electrons. The van der Waals surface area contributed by atoms with Gasteiger partial charge >= 0.3 is 0 Å². The molecule has 1 saturated carbocycles. The number of nitrogens with one attached hydrogen (secondary N) is 2. The molecular weight excluding hydrogens is 502 g/mol. The Hall–Kier alpha value is -2.13. The van der Waals surface area contributed by atoms with Crippen LogP contribution in [0.2, 0.25) is 0 Å². The van der Waals surface area contributed by atoms with E-state index in [1.54, 1.807) is 11.8 Å². The van der Waals surface area contributed by atoms with Crippen LogP contribution in [0.25, 0.3) is 0 Å². The lowest BCUT2D eigenvalue weighted by Crippen LogP contribution is -2.52. The maximum absolute atomic E-state index is 13.2. The summed E-state index contributed by atoms with van der Waals surface area (Å²) in [6.07, 6.45) is 8.45. The minimum absolute atomic E-state index is 0.0126. The van der Waals surface area contributed by atoms with Gasteiger partial charge in [-0.15, -0.1) is 11.8 Å². The highest BCUT2D eigenvalue weighted by Crippen LogP contribution is 2.28. The van der Waals surface area contributed by atoms with Crippen molar-refractivity contribution in [2.75, 3.05) is 24.8 Å². The van der Waals surface area contributed by atoms with E-state index in [0.29, 0.717) is 18.1 Å². The van der Waals surface area contributed by atoms with Gasteiger partial charge in [0.25, 0.3) is 0 Å². The second-order valence-corrected chi connectivity index (χ2v) is 11.4. The van der Waals surface area contributed by atoms with Crippen LogP contribution in [-0.2, 0) is 11.3 Å². The van der Waals surface area contributed by atoms with Crippen molar-refractivity contribution >= 4 is 34.9 Å². The fourth-order valence-electron chi connectivity index (χ4n) is 5.09. The number of carbonyl (C=O) groups excluding carboxylic acids is 1. The molecule has 1 aliphatic heterocycles. The number of β-amino-alcohol motifs (C(OH)–C–C–N with tert-alkyl or cyclic N) is 1. The third-order valence-corrected chi connectivity index (χ3v) is 8.75. The minimum Gasteiger partial charge on any atom is -0.457 e. The number of aliphatic hydroxyl groups excluding tert-OH is 1. The Bertz CT molecular complexity index is 984. The summed E-state index contributed by atoms with van der Waals surface area (Å²) in [5, 5.41) is 16.0. The number of hydrogen-bond acceptors (Lipinski definition) is 6. The number of para-hydroxylation sites is 1. The van der Waals surface area contributed by atoms with Crippen LogP contribution in [0.15, 0.2) is 54.6 Å². The number of thioether (sulfide) groups is 1. The number of thiocarbonyl (C=S) groups is 1. The van der Waals surface area contributed by atoms with Crippen LogP contribution in [0.1, 0.15) is 50.5 Å². The summed E-state index contributed by atoms with van der Waals surface area (Å²) in [4.78, 5) is 15.9. The monoisotopic (exact) mass is 541 g/mol. The van der Waals surface area contributed by atoms with Crippen molar-refractivity contribution in [1.29, 1.82) is 0 Å². The van der Waals surface area contributed by atoms with Gasteiger partial charge in [0.15, 0.2) is 0 Å². The summed E-state index contributed by atoms with van der Waals surface area (Å²) < 4.78 is 5.89. The maximum Gasteiger partial charge on any atom is 0.238 e. The fourth-order valence-corrected chi connectivity index (χ4v) is 6.58. The summed E-state index contributed by atoms with van der Waals surface area (Å²) in [5.74, 6) is 3.86. The predicted molar refractivity (Wildman–Crippen MR) is 155 cm³/mol. The molecule has 2 aromatic rings. The predicted octanol–water partition coefficient (Wildman–Crippen LogP) is 5.11. The molecule has 1 saturated heterocycles. The molecule has 0 aromatic heterocycles. The summed E-state index contributed by atoms with van der Waals surface area (Å²) in [6, 6.07) is 17.3. The Labute approximate surface area is 230 Å². The van der Waals surface area contributed by atoms with Crippen molar-refractivity contribution in [2.24, 2.45) is 5.92 Å². The van der Waals surface area contributed by atoms with Gasteiger partial charge < -0.3 is 20.5 Å². The van der Waals surface area contributed by atoms with Gasteiger partial charge in [0.05, 0.1) is 23.7 Å². The first-order valence-electron chi connectivity index (χ1n) is 13.4. The van der Waals surface area contributed by atoms with Crippen molar-refractivity contribution in [2.45, 2.75) is 63.6 Å². The van der Waals surface area contributed by atoms with Crippen molar-refractivity contribution in [3.8, 4) is 11.5 Å². The van der Waals surface area contributed by atoms with Gasteiger partial charge in [0.2, 0.25) is 5.91 Å². The van der Waals surface area contributed by atoms with E-state index in [0.717, 1.165) is 47.5 Å². The molecule has 0 bridgehead atoms. The standard InChI is InChI=1S/C29H39N3O3S2/c33-18-17-32-21-37-20-27(32)28(34)31-26(16-13-22-7-3-1-4-8-22)29(36)30-19-23-11-14-25(15-12-23)35-24-9-5-2-6-10-24/h2,5-6,9-12,14-15,22,26-27,33H,1,3-4,7-8,13,16-21H2,(H,30,36)(H,31,34)/t26-,27+/m1/s1. The summed E-state index contributed by atoms with van der Waals surface area (Å²) >= 11 is 7.55. The fraction of sp³-hybridized carbons (Fsp3) is 0.517. The van der Waals surface area contributed by atoms with E-state index in [4.69, 9.17) is 17.0 Å². The normalized spacial score (nSPS) is 19.3. The molecule has 1 amide bonds. The third kappa shape index (κ3) is 8.70. The van der Waals surface area contributed by atoms with Crippen LogP contribution in [0.4, 0.5) is 0 Å². The SMILES string of the molecule is O=C(N[C@H](CCC1CCCCC1)C(=S)NCc1ccc(Oc2ccccc2)cc1)[C@@H]1CSCN1CCO. The van der Waals surface area contributed by atoms with Gasteiger partial charge in [-0.3, -0.25) is 9.69 Å². The Morgan fingerprint density at radius 3 is 2.54 bits per heavy atom. The topological polar surface area (TPSA) is 73.8 Å². The zero-order chi connectivity index (χ0) is 25.9. The number of ether oxygens (including phenoxy) is 1. The number of rotatable bonds is 12. The van der Waals surface area contributed by atoms with Gasteiger partial charge in [-0.05, 0) is 48.6 Å². The first kappa shape index (κ1) is 27.9. The number of nitrogens with zero attached hydrogens (tertiary/aromatic N) is 1. The Kier molecular flexibility index (Phi) is 11.1. The maximum atomic E-state index is 13.2. The van der Waals surface area contributed by atoms with Crippen molar-refractivity contribution in [3.63, 3.8) is 0 Å². The Morgan fingerprint density at radius 1 is 1.08 bits per heavy atom. The molecule has 1 heterocycles. The average Bonchev–Trinajstić information content (AvgIpc) is 3.40. The highest BCUT2D eigenvalue weighted by molar-refractivity contribution is 7.99. The number of carbonyl (C=O) groups is 1. The second-order valence-electron chi connectivity index (χ2n) is 9.97. The quantitative estimate of drug-likeness (QED) is 0.323. The summed E-state index contributed by atoms with van der Waals surface area (Å²) in [7, 11) is 0. The van der Waals surface area contributed by atoms with Gasteiger partial charge in [0, 0.05) is 24.7 Å². The van der Waals surface area contributed by atoms with Crippen molar-refractivity contribution < 1.29 is 14.6 Å². The molecule has 37 heavy (non-hydrogen) atoms. The molecule has 0 spiro atoms. The van der Waals surface area contributed by atoms with Gasteiger partial charge in [-0.1, -0.05) is 74.7 Å². The zero-order valence-electron chi connectivity index (χ0n) is 21.4. The Morgan fingerprint density at radius 2 is 1.81 bits per heavy atom. The Balaban J connectivity index is 1.33. The smallest absolute Gasteiger partial charge is 0.238 e.